The van der Waals surface area contributed by atoms with Crippen molar-refractivity contribution < 1.29 is 14.3 Å². The summed E-state index contributed by atoms with van der Waals surface area (Å²) >= 11 is 3.41. The van der Waals surface area contributed by atoms with Crippen molar-refractivity contribution in [2.45, 2.75) is 13.0 Å². The van der Waals surface area contributed by atoms with E-state index in [2.05, 4.69) is 26.0 Å². The highest BCUT2D eigenvalue weighted by Gasteiger charge is 2.12. The number of nitrogens with one attached hydrogen (secondary N) is 1. The minimum absolute atomic E-state index is 0.0818. The Balaban J connectivity index is 2.86. The summed E-state index contributed by atoms with van der Waals surface area (Å²) in [4.78, 5) is 11.0. The first-order valence-corrected chi connectivity index (χ1v) is 6.04. The summed E-state index contributed by atoms with van der Waals surface area (Å²) in [6.07, 6.45) is 0. The number of ether oxygens (including phenoxy) is 2. The zero-order chi connectivity index (χ0) is 12.8. The van der Waals surface area contributed by atoms with Gasteiger partial charge in [-0.2, -0.15) is 0 Å². The van der Waals surface area contributed by atoms with Crippen molar-refractivity contribution in [2.24, 2.45) is 0 Å². The van der Waals surface area contributed by atoms with Crippen LogP contribution in [0.25, 0.3) is 0 Å². The van der Waals surface area contributed by atoms with Gasteiger partial charge in [-0.25, -0.2) is 4.79 Å². The van der Waals surface area contributed by atoms with Gasteiger partial charge in [0.1, 0.15) is 5.75 Å². The Morgan fingerprint density at radius 1 is 1.53 bits per heavy atom. The molecule has 0 bridgehead atoms. The molecule has 17 heavy (non-hydrogen) atoms. The van der Waals surface area contributed by atoms with E-state index in [1.165, 1.54) is 7.11 Å². The first kappa shape index (κ1) is 14.0. The molecule has 0 amide bonds. The monoisotopic (exact) mass is 301 g/mol. The van der Waals surface area contributed by atoms with Gasteiger partial charge in [-0.1, -0.05) is 15.9 Å². The maximum atomic E-state index is 11.0. The fourth-order valence-electron chi connectivity index (χ4n) is 1.34. The molecule has 0 heterocycles. The molecule has 0 saturated carbocycles. The fourth-order valence-corrected chi connectivity index (χ4v) is 1.72. The van der Waals surface area contributed by atoms with Gasteiger partial charge < -0.3 is 14.8 Å². The van der Waals surface area contributed by atoms with Crippen LogP contribution >= 0.6 is 15.9 Å². The summed E-state index contributed by atoms with van der Waals surface area (Å²) in [6, 6.07) is 5.81. The lowest BCUT2D eigenvalue weighted by Gasteiger charge is -2.16. The normalized spacial score (nSPS) is 12.0. The Hall–Kier alpha value is -1.07. The van der Waals surface area contributed by atoms with Crippen molar-refractivity contribution in [3.8, 4) is 5.75 Å². The third kappa shape index (κ3) is 4.02. The van der Waals surface area contributed by atoms with Crippen LogP contribution < -0.4 is 10.1 Å². The fraction of sp³-hybridized carbons (Fsp3) is 0.417. The van der Waals surface area contributed by atoms with Crippen molar-refractivity contribution in [1.82, 2.24) is 5.32 Å². The Morgan fingerprint density at radius 3 is 2.82 bits per heavy atom. The summed E-state index contributed by atoms with van der Waals surface area (Å²) in [5, 5.41) is 3.13. The maximum Gasteiger partial charge on any atom is 0.343 e. The van der Waals surface area contributed by atoms with Crippen LogP contribution in [-0.2, 0) is 9.53 Å². The number of carbonyl (C=O) groups is 1. The largest absolute Gasteiger partial charge is 0.482 e. The van der Waals surface area contributed by atoms with Crippen LogP contribution in [0.1, 0.15) is 18.5 Å². The average Bonchev–Trinajstić information content (AvgIpc) is 2.35. The van der Waals surface area contributed by atoms with E-state index in [4.69, 9.17) is 4.74 Å². The molecule has 0 fully saturated rings. The van der Waals surface area contributed by atoms with Crippen LogP contribution in [0.4, 0.5) is 0 Å². The Morgan fingerprint density at radius 2 is 2.24 bits per heavy atom. The molecule has 5 heteroatoms. The van der Waals surface area contributed by atoms with Gasteiger partial charge in [0.25, 0.3) is 0 Å². The number of halogens is 1. The van der Waals surface area contributed by atoms with Gasteiger partial charge in [-0.05, 0) is 32.2 Å². The van der Waals surface area contributed by atoms with Crippen LogP contribution in [0, 0.1) is 0 Å². The average molecular weight is 302 g/mol. The second kappa shape index (κ2) is 6.61. The maximum absolute atomic E-state index is 11.0. The number of hydrogen-bond donors (Lipinski definition) is 1. The van der Waals surface area contributed by atoms with E-state index in [-0.39, 0.29) is 12.6 Å². The quantitative estimate of drug-likeness (QED) is 0.848. The number of esters is 1. The molecule has 0 saturated heterocycles. The minimum Gasteiger partial charge on any atom is -0.482 e. The van der Waals surface area contributed by atoms with Gasteiger partial charge in [-0.15, -0.1) is 0 Å². The summed E-state index contributed by atoms with van der Waals surface area (Å²) in [7, 11) is 3.21. The molecule has 1 aromatic rings. The second-order valence-corrected chi connectivity index (χ2v) is 4.47. The number of benzene rings is 1. The molecule has 94 valence electrons. The smallest absolute Gasteiger partial charge is 0.343 e. The lowest BCUT2D eigenvalue weighted by Crippen LogP contribution is -2.17. The summed E-state index contributed by atoms with van der Waals surface area (Å²) in [5.74, 6) is 0.288. The minimum atomic E-state index is -0.393. The molecule has 1 aromatic carbocycles. The van der Waals surface area contributed by atoms with Crippen LogP contribution in [0.2, 0.25) is 0 Å². The third-order valence-electron chi connectivity index (χ3n) is 2.44. The number of rotatable bonds is 5. The highest BCUT2D eigenvalue weighted by molar-refractivity contribution is 9.10. The Labute approximate surface area is 109 Å². The van der Waals surface area contributed by atoms with Crippen molar-refractivity contribution in [2.75, 3.05) is 20.8 Å². The van der Waals surface area contributed by atoms with E-state index in [0.717, 1.165) is 10.0 Å². The van der Waals surface area contributed by atoms with Crippen LogP contribution in [0.3, 0.4) is 0 Å². The van der Waals surface area contributed by atoms with E-state index in [9.17, 15) is 4.79 Å². The summed E-state index contributed by atoms with van der Waals surface area (Å²) in [6.45, 7) is 1.94. The molecule has 0 aliphatic rings. The molecule has 0 aliphatic carbocycles. The van der Waals surface area contributed by atoms with E-state index in [0.29, 0.717) is 5.75 Å². The van der Waals surface area contributed by atoms with Crippen LogP contribution in [-0.4, -0.2) is 26.7 Å². The van der Waals surface area contributed by atoms with Crippen molar-refractivity contribution in [1.29, 1.82) is 0 Å². The highest BCUT2D eigenvalue weighted by atomic mass is 79.9. The van der Waals surface area contributed by atoms with E-state index in [1.54, 1.807) is 0 Å². The van der Waals surface area contributed by atoms with Crippen LogP contribution in [0.5, 0.6) is 5.75 Å². The second-order valence-electron chi connectivity index (χ2n) is 3.56. The molecular formula is C12H16BrNO3. The lowest BCUT2D eigenvalue weighted by molar-refractivity contribution is -0.142. The SMILES string of the molecule is CNC(C)c1cc(Br)ccc1OCC(=O)OC. The molecule has 0 spiro atoms. The molecule has 0 radical (unpaired) electrons. The number of hydrogen-bond acceptors (Lipinski definition) is 4. The van der Waals surface area contributed by atoms with E-state index >= 15 is 0 Å². The highest BCUT2D eigenvalue weighted by Crippen LogP contribution is 2.28. The molecule has 0 aliphatic heterocycles. The zero-order valence-electron chi connectivity index (χ0n) is 10.1. The predicted molar refractivity (Wildman–Crippen MR) is 69.1 cm³/mol. The zero-order valence-corrected chi connectivity index (χ0v) is 11.7. The van der Waals surface area contributed by atoms with Gasteiger partial charge in [0.05, 0.1) is 7.11 Å². The summed E-state index contributed by atoms with van der Waals surface area (Å²) in [5.41, 5.74) is 0.991. The first-order chi connectivity index (χ1) is 8.08. The number of methoxy groups -OCH3 is 1. The van der Waals surface area contributed by atoms with Gasteiger partial charge >= 0.3 is 5.97 Å². The van der Waals surface area contributed by atoms with Gasteiger partial charge in [-0.3, -0.25) is 0 Å². The Kier molecular flexibility index (Phi) is 5.44. The molecule has 1 N–H and O–H groups in total. The molecule has 1 rings (SSSR count). The molecule has 1 unspecified atom stereocenters. The van der Waals surface area contributed by atoms with E-state index < -0.39 is 5.97 Å². The topological polar surface area (TPSA) is 47.6 Å². The van der Waals surface area contributed by atoms with Crippen molar-refractivity contribution in [3.63, 3.8) is 0 Å². The van der Waals surface area contributed by atoms with Gasteiger partial charge in [0.15, 0.2) is 6.61 Å². The standard InChI is InChI=1S/C12H16BrNO3/c1-8(14-2)10-6-9(13)4-5-11(10)17-7-12(15)16-3/h4-6,8,14H,7H2,1-3H3. The Bertz CT molecular complexity index is 395. The molecule has 4 nitrogen and oxygen atoms in total. The van der Waals surface area contributed by atoms with E-state index in [1.807, 2.05) is 32.2 Å². The van der Waals surface area contributed by atoms with Gasteiger partial charge in [0.2, 0.25) is 0 Å². The number of carbonyl (C=O) groups excluding carboxylic acids is 1. The van der Waals surface area contributed by atoms with Crippen molar-refractivity contribution in [3.05, 3.63) is 28.2 Å². The van der Waals surface area contributed by atoms with Crippen molar-refractivity contribution >= 4 is 21.9 Å². The summed E-state index contributed by atoms with van der Waals surface area (Å²) < 4.78 is 10.9. The van der Waals surface area contributed by atoms with Gasteiger partial charge in [0, 0.05) is 16.1 Å². The first-order valence-electron chi connectivity index (χ1n) is 5.24. The predicted octanol–water partition coefficient (Wildman–Crippen LogP) is 2.28. The molecule has 0 aromatic heterocycles. The molecule has 1 atom stereocenters. The third-order valence-corrected chi connectivity index (χ3v) is 2.94. The van der Waals surface area contributed by atoms with Crippen LogP contribution in [0.15, 0.2) is 22.7 Å². The molecular weight excluding hydrogens is 286 g/mol. The lowest BCUT2D eigenvalue weighted by atomic mass is 10.1.